The molecule has 1 saturated heterocycles. The first-order valence-corrected chi connectivity index (χ1v) is 6.37. The smallest absolute Gasteiger partial charge is 0.142 e. The number of rotatable bonds is 3. The second-order valence-corrected chi connectivity index (χ2v) is 5.18. The van der Waals surface area contributed by atoms with Crippen LogP contribution >= 0.6 is 0 Å². The minimum absolute atomic E-state index is 0.0613. The lowest BCUT2D eigenvalue weighted by atomic mass is 9.89. The molecule has 0 spiro atoms. The zero-order valence-electron chi connectivity index (χ0n) is 11.1. The van der Waals surface area contributed by atoms with E-state index in [2.05, 4.69) is 17.9 Å². The van der Waals surface area contributed by atoms with E-state index in [0.717, 1.165) is 37.4 Å². The summed E-state index contributed by atoms with van der Waals surface area (Å²) in [5.74, 6) is 0.897. The first-order chi connectivity index (χ1) is 8.58. The molecule has 0 atom stereocenters. The van der Waals surface area contributed by atoms with Gasteiger partial charge in [0.25, 0.3) is 0 Å². The van der Waals surface area contributed by atoms with Crippen molar-refractivity contribution < 1.29 is 9.84 Å². The predicted octanol–water partition coefficient (Wildman–Crippen LogP) is 1.29. The number of nitrogens with zero attached hydrogens (tertiary/aromatic N) is 1. The molecule has 1 aromatic carbocycles. The van der Waals surface area contributed by atoms with Crippen LogP contribution in [0.4, 0.5) is 5.69 Å². The summed E-state index contributed by atoms with van der Waals surface area (Å²) >= 11 is 0. The van der Waals surface area contributed by atoms with Gasteiger partial charge in [-0.15, -0.1) is 0 Å². The van der Waals surface area contributed by atoms with Crippen molar-refractivity contribution in [3.8, 4) is 5.75 Å². The number of hydrogen-bond acceptors (Lipinski definition) is 4. The Morgan fingerprint density at radius 1 is 1.39 bits per heavy atom. The molecule has 1 aliphatic rings. The third-order valence-electron chi connectivity index (χ3n) is 3.75. The molecule has 0 aliphatic carbocycles. The minimum Gasteiger partial charge on any atom is -0.495 e. The van der Waals surface area contributed by atoms with Crippen LogP contribution in [0, 0.1) is 6.92 Å². The number of hydrogen-bond donors (Lipinski definition) is 2. The number of piperidine rings is 1. The summed E-state index contributed by atoms with van der Waals surface area (Å²) in [6, 6.07) is 6.19. The second-order valence-electron chi connectivity index (χ2n) is 5.18. The molecule has 0 aromatic heterocycles. The molecule has 4 nitrogen and oxygen atoms in total. The highest BCUT2D eigenvalue weighted by molar-refractivity contribution is 5.60. The van der Waals surface area contributed by atoms with Gasteiger partial charge in [0.1, 0.15) is 5.75 Å². The van der Waals surface area contributed by atoms with Crippen molar-refractivity contribution in [2.24, 2.45) is 5.73 Å². The fourth-order valence-electron chi connectivity index (χ4n) is 2.40. The van der Waals surface area contributed by atoms with Gasteiger partial charge in [-0.05, 0) is 37.5 Å². The number of anilines is 1. The molecule has 1 heterocycles. The standard InChI is InChI=1S/C14H22N2O2/c1-11-3-4-13(18-2)12(9-11)16-7-5-14(15,10-17)6-8-16/h3-4,9,17H,5-8,10,15H2,1-2H3. The third kappa shape index (κ3) is 2.60. The molecular formula is C14H22N2O2. The van der Waals surface area contributed by atoms with E-state index in [9.17, 15) is 5.11 Å². The van der Waals surface area contributed by atoms with Crippen molar-refractivity contribution in [3.05, 3.63) is 23.8 Å². The van der Waals surface area contributed by atoms with Gasteiger partial charge in [-0.2, -0.15) is 0 Å². The monoisotopic (exact) mass is 250 g/mol. The fraction of sp³-hybridized carbons (Fsp3) is 0.571. The van der Waals surface area contributed by atoms with Gasteiger partial charge >= 0.3 is 0 Å². The topological polar surface area (TPSA) is 58.7 Å². The van der Waals surface area contributed by atoms with Gasteiger partial charge < -0.3 is 20.5 Å². The van der Waals surface area contributed by atoms with Crippen molar-refractivity contribution in [2.75, 3.05) is 31.7 Å². The Hall–Kier alpha value is -1.26. The molecule has 1 aliphatic heterocycles. The molecule has 18 heavy (non-hydrogen) atoms. The number of aliphatic hydroxyl groups is 1. The zero-order valence-corrected chi connectivity index (χ0v) is 11.1. The van der Waals surface area contributed by atoms with Gasteiger partial charge in [0.2, 0.25) is 0 Å². The summed E-state index contributed by atoms with van der Waals surface area (Å²) in [5, 5.41) is 9.28. The molecule has 0 amide bonds. The maximum Gasteiger partial charge on any atom is 0.142 e. The van der Waals surface area contributed by atoms with E-state index in [4.69, 9.17) is 10.5 Å². The van der Waals surface area contributed by atoms with E-state index >= 15 is 0 Å². The number of benzene rings is 1. The van der Waals surface area contributed by atoms with Crippen LogP contribution in [0.15, 0.2) is 18.2 Å². The first kappa shape index (κ1) is 13.2. The highest BCUT2D eigenvalue weighted by atomic mass is 16.5. The van der Waals surface area contributed by atoms with E-state index in [-0.39, 0.29) is 6.61 Å². The van der Waals surface area contributed by atoms with Crippen molar-refractivity contribution in [1.29, 1.82) is 0 Å². The summed E-state index contributed by atoms with van der Waals surface area (Å²) in [6.07, 6.45) is 1.61. The molecular weight excluding hydrogens is 228 g/mol. The van der Waals surface area contributed by atoms with Gasteiger partial charge in [0, 0.05) is 18.6 Å². The van der Waals surface area contributed by atoms with Gasteiger partial charge in [-0.3, -0.25) is 0 Å². The average molecular weight is 250 g/mol. The van der Waals surface area contributed by atoms with Crippen molar-refractivity contribution in [3.63, 3.8) is 0 Å². The van der Waals surface area contributed by atoms with Crippen LogP contribution in [0.5, 0.6) is 5.75 Å². The normalized spacial score (nSPS) is 18.8. The Morgan fingerprint density at radius 3 is 2.61 bits per heavy atom. The van der Waals surface area contributed by atoms with E-state index in [1.807, 2.05) is 12.1 Å². The molecule has 3 N–H and O–H groups in total. The Bertz CT molecular complexity index is 412. The zero-order chi connectivity index (χ0) is 13.2. The lowest BCUT2D eigenvalue weighted by Gasteiger charge is -2.39. The summed E-state index contributed by atoms with van der Waals surface area (Å²) in [5.41, 5.74) is 8.02. The Morgan fingerprint density at radius 2 is 2.06 bits per heavy atom. The molecule has 0 bridgehead atoms. The summed E-state index contributed by atoms with van der Waals surface area (Å²) < 4.78 is 5.41. The van der Waals surface area contributed by atoms with E-state index in [1.54, 1.807) is 7.11 Å². The van der Waals surface area contributed by atoms with E-state index in [0.29, 0.717) is 0 Å². The Labute approximate surface area is 108 Å². The first-order valence-electron chi connectivity index (χ1n) is 6.37. The SMILES string of the molecule is COc1ccc(C)cc1N1CCC(N)(CO)CC1. The lowest BCUT2D eigenvalue weighted by Crippen LogP contribution is -2.53. The highest BCUT2D eigenvalue weighted by Gasteiger charge is 2.30. The fourth-order valence-corrected chi connectivity index (χ4v) is 2.40. The van der Waals surface area contributed by atoms with Crippen LogP contribution in [-0.4, -0.2) is 37.5 Å². The molecule has 100 valence electrons. The maximum atomic E-state index is 9.28. The van der Waals surface area contributed by atoms with Crippen LogP contribution in [-0.2, 0) is 0 Å². The number of nitrogens with two attached hydrogens (primary N) is 1. The van der Waals surface area contributed by atoms with Crippen molar-refractivity contribution in [2.45, 2.75) is 25.3 Å². The van der Waals surface area contributed by atoms with Crippen LogP contribution < -0.4 is 15.4 Å². The molecule has 0 radical (unpaired) electrons. The third-order valence-corrected chi connectivity index (χ3v) is 3.75. The average Bonchev–Trinajstić information content (AvgIpc) is 2.39. The molecule has 2 rings (SSSR count). The highest BCUT2D eigenvalue weighted by Crippen LogP contribution is 2.32. The largest absolute Gasteiger partial charge is 0.495 e. The van der Waals surface area contributed by atoms with Crippen LogP contribution in [0.2, 0.25) is 0 Å². The Kier molecular flexibility index (Phi) is 3.78. The van der Waals surface area contributed by atoms with Gasteiger partial charge in [0.15, 0.2) is 0 Å². The van der Waals surface area contributed by atoms with Crippen LogP contribution in [0.1, 0.15) is 18.4 Å². The molecule has 1 fully saturated rings. The van der Waals surface area contributed by atoms with Gasteiger partial charge in [-0.1, -0.05) is 6.07 Å². The molecule has 0 saturated carbocycles. The van der Waals surface area contributed by atoms with E-state index in [1.165, 1.54) is 5.56 Å². The predicted molar refractivity (Wildman–Crippen MR) is 73.2 cm³/mol. The van der Waals surface area contributed by atoms with Crippen LogP contribution in [0.3, 0.4) is 0 Å². The van der Waals surface area contributed by atoms with Crippen molar-refractivity contribution >= 4 is 5.69 Å². The summed E-state index contributed by atoms with van der Waals surface area (Å²) in [6.45, 7) is 3.85. The van der Waals surface area contributed by atoms with Crippen molar-refractivity contribution in [1.82, 2.24) is 0 Å². The summed E-state index contributed by atoms with van der Waals surface area (Å²) in [7, 11) is 1.69. The molecule has 4 heteroatoms. The molecule has 0 unspecified atom stereocenters. The van der Waals surface area contributed by atoms with Gasteiger partial charge in [0.05, 0.1) is 19.4 Å². The maximum absolute atomic E-state index is 9.28. The second kappa shape index (κ2) is 5.16. The number of aliphatic hydroxyl groups excluding tert-OH is 1. The number of ether oxygens (including phenoxy) is 1. The summed E-state index contributed by atoms with van der Waals surface area (Å²) in [4.78, 5) is 2.28. The molecule has 1 aromatic rings. The number of methoxy groups -OCH3 is 1. The van der Waals surface area contributed by atoms with Gasteiger partial charge in [-0.25, -0.2) is 0 Å². The quantitative estimate of drug-likeness (QED) is 0.849. The van der Waals surface area contributed by atoms with Crippen LogP contribution in [0.25, 0.3) is 0 Å². The Balaban J connectivity index is 2.16. The van der Waals surface area contributed by atoms with E-state index < -0.39 is 5.54 Å². The minimum atomic E-state index is -0.409. The lowest BCUT2D eigenvalue weighted by molar-refractivity contribution is 0.170. The number of aryl methyl sites for hydroxylation is 1.